The van der Waals surface area contributed by atoms with E-state index in [1.54, 1.807) is 0 Å². The van der Waals surface area contributed by atoms with E-state index in [1.807, 2.05) is 56.1 Å². The molecule has 0 aliphatic heterocycles. The maximum atomic E-state index is 5.15. The van der Waals surface area contributed by atoms with Crippen LogP contribution in [0.2, 0.25) is 0 Å². The molecule has 46 heavy (non-hydrogen) atoms. The molecule has 7 rings (SSSR count). The van der Waals surface area contributed by atoms with Crippen molar-refractivity contribution in [1.82, 2.24) is 24.9 Å². The fraction of sp³-hybridized carbons (Fsp3) is 0.0976. The smallest absolute Gasteiger partial charge is 0.112 e. The quantitative estimate of drug-likeness (QED) is 0.185. The molecule has 4 heterocycles. The molecule has 0 bridgehead atoms. The van der Waals surface area contributed by atoms with Gasteiger partial charge in [0.05, 0.1) is 16.9 Å². The Balaban J connectivity index is 0.00000182. The van der Waals surface area contributed by atoms with Crippen LogP contribution >= 0.6 is 0 Å². The van der Waals surface area contributed by atoms with E-state index in [2.05, 4.69) is 133 Å². The Morgan fingerprint density at radius 1 is 0.652 bits per heavy atom. The number of benzene rings is 3. The molecule has 3 aromatic carbocycles. The Morgan fingerprint density at radius 3 is 2.00 bits per heavy atom. The van der Waals surface area contributed by atoms with E-state index >= 15 is 0 Å². The number of hydrogen-bond acceptors (Lipinski definition) is 4. The van der Waals surface area contributed by atoms with Crippen molar-refractivity contribution in [2.75, 3.05) is 7.05 Å². The summed E-state index contributed by atoms with van der Waals surface area (Å²) in [4.78, 5) is 9.30. The molecule has 0 radical (unpaired) electrons. The van der Waals surface area contributed by atoms with Crippen molar-refractivity contribution in [2.24, 2.45) is 0 Å². The molecule has 4 aromatic heterocycles. The third-order valence-corrected chi connectivity index (χ3v) is 7.90. The fourth-order valence-corrected chi connectivity index (χ4v) is 5.54. The minimum atomic E-state index is 0.832. The van der Waals surface area contributed by atoms with Crippen LogP contribution in [0.25, 0.3) is 66.8 Å². The van der Waals surface area contributed by atoms with E-state index < -0.39 is 0 Å². The van der Waals surface area contributed by atoms with Crippen molar-refractivity contribution in [1.29, 1.82) is 0 Å². The van der Waals surface area contributed by atoms with Gasteiger partial charge in [0, 0.05) is 36.6 Å². The van der Waals surface area contributed by atoms with E-state index in [4.69, 9.17) is 10.1 Å². The molecule has 1 N–H and O–H groups in total. The van der Waals surface area contributed by atoms with Gasteiger partial charge >= 0.3 is 0 Å². The van der Waals surface area contributed by atoms with Gasteiger partial charge in [-0.1, -0.05) is 92.7 Å². The molecule has 0 amide bonds. The Kier molecular flexibility index (Phi) is 9.12. The highest BCUT2D eigenvalue weighted by atomic mass is 15.2. The number of fused-ring (bicyclic) bond motifs is 2. The van der Waals surface area contributed by atoms with Crippen LogP contribution < -0.4 is 5.32 Å². The molecule has 7 aromatic rings. The van der Waals surface area contributed by atoms with Crippen molar-refractivity contribution < 1.29 is 0 Å². The van der Waals surface area contributed by atoms with E-state index in [-0.39, 0.29) is 0 Å². The lowest BCUT2D eigenvalue weighted by Crippen LogP contribution is -1.93. The second-order valence-electron chi connectivity index (χ2n) is 10.7. The number of pyridine rings is 3. The maximum Gasteiger partial charge on any atom is 0.112 e. The van der Waals surface area contributed by atoms with Gasteiger partial charge in [0.25, 0.3) is 0 Å². The average Bonchev–Trinajstić information content (AvgIpc) is 3.55. The lowest BCUT2D eigenvalue weighted by Gasteiger charge is -2.11. The van der Waals surface area contributed by atoms with E-state index in [0.717, 1.165) is 66.9 Å². The third-order valence-electron chi connectivity index (χ3n) is 7.90. The van der Waals surface area contributed by atoms with Crippen molar-refractivity contribution in [3.63, 3.8) is 0 Å². The summed E-state index contributed by atoms with van der Waals surface area (Å²) in [5.41, 5.74) is 11.5. The molecule has 0 atom stereocenters. The summed E-state index contributed by atoms with van der Waals surface area (Å²) in [7, 11) is 1.91. The number of hydrogen-bond donors (Lipinski definition) is 1. The lowest BCUT2D eigenvalue weighted by atomic mass is 9.97. The van der Waals surface area contributed by atoms with Gasteiger partial charge in [-0.2, -0.15) is 5.10 Å². The van der Waals surface area contributed by atoms with Crippen molar-refractivity contribution in [2.45, 2.75) is 20.8 Å². The van der Waals surface area contributed by atoms with Gasteiger partial charge in [-0.25, -0.2) is 9.50 Å². The van der Waals surface area contributed by atoms with Crippen LogP contribution in [0.4, 0.5) is 0 Å². The third kappa shape index (κ3) is 6.35. The summed E-state index contributed by atoms with van der Waals surface area (Å²) >= 11 is 0. The first-order chi connectivity index (χ1) is 22.7. The van der Waals surface area contributed by atoms with Crippen LogP contribution in [0.5, 0.6) is 0 Å². The first-order valence-corrected chi connectivity index (χ1v) is 15.7. The highest BCUT2D eigenvalue weighted by Gasteiger charge is 2.13. The Bertz CT molecular complexity index is 2090. The summed E-state index contributed by atoms with van der Waals surface area (Å²) in [5.74, 6) is 0. The van der Waals surface area contributed by atoms with Crippen LogP contribution in [0.1, 0.15) is 26.3 Å². The topological polar surface area (TPSA) is 55.1 Å². The summed E-state index contributed by atoms with van der Waals surface area (Å²) < 4.78 is 1.95. The molecule has 5 nitrogen and oxygen atoms in total. The largest absolute Gasteiger partial charge is 0.394 e. The van der Waals surface area contributed by atoms with Crippen LogP contribution in [0.3, 0.4) is 0 Å². The average molecular weight is 600 g/mol. The normalized spacial score (nSPS) is 11.5. The fourth-order valence-electron chi connectivity index (χ4n) is 5.54. The molecule has 0 aliphatic carbocycles. The molecule has 0 saturated carbocycles. The summed E-state index contributed by atoms with van der Waals surface area (Å²) in [6.07, 6.45) is 11.9. The van der Waals surface area contributed by atoms with Crippen LogP contribution in [-0.4, -0.2) is 26.6 Å². The van der Waals surface area contributed by atoms with Crippen molar-refractivity contribution in [3.8, 4) is 44.9 Å². The number of nitrogens with one attached hydrogen (secondary N) is 1. The van der Waals surface area contributed by atoms with Gasteiger partial charge < -0.3 is 5.32 Å². The maximum absolute atomic E-state index is 5.15. The Labute approximate surface area is 270 Å². The predicted molar refractivity (Wildman–Crippen MR) is 193 cm³/mol. The van der Waals surface area contributed by atoms with Crippen molar-refractivity contribution in [3.05, 3.63) is 152 Å². The summed E-state index contributed by atoms with van der Waals surface area (Å²) in [5, 5.41) is 10.4. The van der Waals surface area contributed by atoms with Gasteiger partial charge in [-0.15, -0.1) is 0 Å². The van der Waals surface area contributed by atoms with Crippen LogP contribution in [-0.2, 0) is 0 Å². The number of aromatic nitrogens is 4. The molecule has 0 fully saturated rings. The van der Waals surface area contributed by atoms with Gasteiger partial charge in [-0.3, -0.25) is 4.98 Å². The van der Waals surface area contributed by atoms with E-state index in [0.29, 0.717) is 0 Å². The Morgan fingerprint density at radius 2 is 1.28 bits per heavy atom. The highest BCUT2D eigenvalue weighted by molar-refractivity contribution is 5.87. The van der Waals surface area contributed by atoms with E-state index in [9.17, 15) is 0 Å². The first-order valence-electron chi connectivity index (χ1n) is 15.7. The number of nitrogens with zero attached hydrogens (tertiary/aromatic N) is 4. The minimum absolute atomic E-state index is 0.832. The second kappa shape index (κ2) is 13.9. The molecular formula is C41H37N5. The SMILES string of the molecule is C/C=C(\C=C/NC)c1ccc(-c2cc(-c3ccc(-c4ccncc4)cc3)nc(-c3cc4cc5ccccc5cn4n3)c2)cc1.CC. The zero-order chi connectivity index (χ0) is 31.9. The number of allylic oxidation sites excluding steroid dienone is 3. The van der Waals surface area contributed by atoms with Gasteiger partial charge in [0.15, 0.2) is 0 Å². The predicted octanol–water partition coefficient (Wildman–Crippen LogP) is 10.1. The summed E-state index contributed by atoms with van der Waals surface area (Å²) in [6, 6.07) is 38.3. The first kappa shape index (κ1) is 30.2. The number of rotatable bonds is 7. The molecule has 0 aliphatic rings. The van der Waals surface area contributed by atoms with Gasteiger partial charge in [0.1, 0.15) is 5.69 Å². The monoisotopic (exact) mass is 599 g/mol. The second-order valence-corrected chi connectivity index (χ2v) is 10.7. The van der Waals surface area contributed by atoms with Crippen LogP contribution in [0.15, 0.2) is 146 Å². The molecule has 0 unspecified atom stereocenters. The van der Waals surface area contributed by atoms with Gasteiger partial charge in [0.2, 0.25) is 0 Å². The van der Waals surface area contributed by atoms with Gasteiger partial charge in [-0.05, 0) is 94.4 Å². The molecular weight excluding hydrogens is 562 g/mol. The van der Waals surface area contributed by atoms with Crippen molar-refractivity contribution >= 4 is 21.9 Å². The molecule has 226 valence electrons. The molecule has 0 saturated heterocycles. The zero-order valence-electron chi connectivity index (χ0n) is 26.6. The Hall–Kier alpha value is -5.81. The minimum Gasteiger partial charge on any atom is -0.394 e. The standard InChI is InChI=1S/C39H31N5.C2H6/c1-3-27(16-19-40-2)28-8-10-30(11-9-28)35-23-37(32-14-12-29(13-15-32)31-17-20-41-21-18-31)42-38(24-35)39-25-36-22-33-6-4-5-7-34(33)26-44(36)43-39;1-2/h3-26,40H,1-2H3;1-2H3/b19-16-,27-3+;. The molecule has 5 heteroatoms. The lowest BCUT2D eigenvalue weighted by molar-refractivity contribution is 0.970. The zero-order valence-corrected chi connectivity index (χ0v) is 26.6. The summed E-state index contributed by atoms with van der Waals surface area (Å²) in [6.45, 7) is 6.06. The van der Waals surface area contributed by atoms with E-state index in [1.165, 1.54) is 5.39 Å². The molecule has 0 spiro atoms. The highest BCUT2D eigenvalue weighted by Crippen LogP contribution is 2.32. The van der Waals surface area contributed by atoms with Crippen LogP contribution in [0, 0.1) is 0 Å².